The molecule has 9 heavy (non-hydrogen) atoms. The maximum Gasteiger partial charge on any atom is 0.0925 e. The molecule has 1 heterocycles. The molecule has 1 saturated carbocycles. The fourth-order valence-corrected chi connectivity index (χ4v) is 1.71. The molecule has 0 aromatic heterocycles. The summed E-state index contributed by atoms with van der Waals surface area (Å²) in [6, 6.07) is 0. The Kier molecular flexibility index (Phi) is 0.945. The minimum Gasteiger partial charge on any atom is -0.387 e. The quantitative estimate of drug-likeness (QED) is 0.518. The van der Waals surface area contributed by atoms with Crippen molar-refractivity contribution in [3.8, 4) is 0 Å². The molecule has 0 aromatic carbocycles. The number of rotatable bonds is 1. The van der Waals surface area contributed by atoms with Gasteiger partial charge in [-0.2, -0.15) is 0 Å². The fraction of sp³-hybridized carbons (Fsp3) is 1.00. The van der Waals surface area contributed by atoms with Crippen molar-refractivity contribution < 1.29 is 5.11 Å². The van der Waals surface area contributed by atoms with Crippen molar-refractivity contribution in [3.63, 3.8) is 0 Å². The zero-order valence-corrected chi connectivity index (χ0v) is 5.72. The molecule has 2 nitrogen and oxygen atoms in total. The summed E-state index contributed by atoms with van der Waals surface area (Å²) in [6.45, 7) is 3.85. The molecule has 2 atom stereocenters. The molecule has 0 amide bonds. The Morgan fingerprint density at radius 2 is 2.11 bits per heavy atom. The van der Waals surface area contributed by atoms with Crippen molar-refractivity contribution in [2.24, 2.45) is 11.8 Å². The molecule has 2 rings (SSSR count). The molecule has 0 bridgehead atoms. The van der Waals surface area contributed by atoms with E-state index in [0.29, 0.717) is 5.92 Å². The molecule has 1 aliphatic carbocycles. The van der Waals surface area contributed by atoms with Crippen LogP contribution in [0, 0.1) is 11.8 Å². The molecule has 2 fully saturated rings. The standard InChI is InChI=1S/C7H13NO/c1-5-2-6(5)7(9)3-8-4-7/h5-6,8-9H,2-4H2,1H3. The van der Waals surface area contributed by atoms with Crippen LogP contribution in [0.4, 0.5) is 0 Å². The Morgan fingerprint density at radius 1 is 1.56 bits per heavy atom. The lowest BCUT2D eigenvalue weighted by Gasteiger charge is -2.38. The van der Waals surface area contributed by atoms with Crippen LogP contribution in [0.1, 0.15) is 13.3 Å². The summed E-state index contributed by atoms with van der Waals surface area (Å²) in [5.41, 5.74) is -0.306. The van der Waals surface area contributed by atoms with Gasteiger partial charge in [0.15, 0.2) is 0 Å². The number of nitrogens with one attached hydrogen (secondary N) is 1. The Morgan fingerprint density at radius 3 is 2.22 bits per heavy atom. The first-order chi connectivity index (χ1) is 4.22. The van der Waals surface area contributed by atoms with E-state index in [9.17, 15) is 5.11 Å². The van der Waals surface area contributed by atoms with Crippen LogP contribution in [0.15, 0.2) is 0 Å². The normalized spacial score (nSPS) is 46.0. The van der Waals surface area contributed by atoms with Crippen molar-refractivity contribution in [1.29, 1.82) is 0 Å². The average Bonchev–Trinajstić information content (AvgIpc) is 2.40. The van der Waals surface area contributed by atoms with Crippen LogP contribution in [0.3, 0.4) is 0 Å². The first-order valence-corrected chi connectivity index (χ1v) is 3.65. The summed E-state index contributed by atoms with van der Waals surface area (Å²) < 4.78 is 0. The molecule has 2 unspecified atom stereocenters. The zero-order chi connectivity index (χ0) is 6.48. The summed E-state index contributed by atoms with van der Waals surface area (Å²) >= 11 is 0. The maximum absolute atomic E-state index is 9.66. The first kappa shape index (κ1) is 5.69. The molecule has 0 aromatic rings. The Bertz CT molecular complexity index is 131. The van der Waals surface area contributed by atoms with Gasteiger partial charge in [-0.25, -0.2) is 0 Å². The van der Waals surface area contributed by atoms with Gasteiger partial charge in [0.05, 0.1) is 5.60 Å². The van der Waals surface area contributed by atoms with Crippen LogP contribution in [0.25, 0.3) is 0 Å². The van der Waals surface area contributed by atoms with E-state index >= 15 is 0 Å². The lowest BCUT2D eigenvalue weighted by Crippen LogP contribution is -2.61. The molecule has 52 valence electrons. The van der Waals surface area contributed by atoms with Gasteiger partial charge < -0.3 is 10.4 Å². The molecule has 0 radical (unpaired) electrons. The molecule has 2 aliphatic rings. The van der Waals surface area contributed by atoms with Crippen LogP contribution < -0.4 is 5.32 Å². The smallest absolute Gasteiger partial charge is 0.0925 e. The van der Waals surface area contributed by atoms with Crippen LogP contribution in [-0.4, -0.2) is 23.8 Å². The fourth-order valence-electron chi connectivity index (χ4n) is 1.71. The molecular formula is C7H13NO. The molecule has 1 saturated heterocycles. The Labute approximate surface area is 55.3 Å². The highest BCUT2D eigenvalue weighted by Crippen LogP contribution is 2.47. The van der Waals surface area contributed by atoms with Gasteiger partial charge in [0.1, 0.15) is 0 Å². The van der Waals surface area contributed by atoms with E-state index in [1.807, 2.05) is 0 Å². The maximum atomic E-state index is 9.66. The van der Waals surface area contributed by atoms with Crippen LogP contribution >= 0.6 is 0 Å². The van der Waals surface area contributed by atoms with Crippen molar-refractivity contribution in [2.45, 2.75) is 18.9 Å². The van der Waals surface area contributed by atoms with Crippen molar-refractivity contribution in [3.05, 3.63) is 0 Å². The predicted molar refractivity (Wildman–Crippen MR) is 35.1 cm³/mol. The number of hydrogen-bond donors (Lipinski definition) is 2. The lowest BCUT2D eigenvalue weighted by molar-refractivity contribution is -0.0337. The number of β-amino-alcohol motifs (C(OH)–C–C–N with tert-alkyl or cyclic N) is 1. The van der Waals surface area contributed by atoms with E-state index < -0.39 is 0 Å². The highest BCUT2D eigenvalue weighted by atomic mass is 16.3. The summed E-state index contributed by atoms with van der Waals surface area (Å²) in [6.07, 6.45) is 1.23. The van der Waals surface area contributed by atoms with Crippen LogP contribution in [-0.2, 0) is 0 Å². The Balaban J connectivity index is 1.97. The third-order valence-corrected chi connectivity index (χ3v) is 2.66. The third-order valence-electron chi connectivity index (χ3n) is 2.66. The van der Waals surface area contributed by atoms with E-state index in [-0.39, 0.29) is 5.60 Å². The molecule has 1 aliphatic heterocycles. The van der Waals surface area contributed by atoms with Crippen molar-refractivity contribution in [2.75, 3.05) is 13.1 Å². The van der Waals surface area contributed by atoms with Gasteiger partial charge in [-0.3, -0.25) is 0 Å². The number of hydrogen-bond acceptors (Lipinski definition) is 2. The summed E-state index contributed by atoms with van der Waals surface area (Å²) in [5.74, 6) is 1.39. The van der Waals surface area contributed by atoms with Gasteiger partial charge in [0.2, 0.25) is 0 Å². The van der Waals surface area contributed by atoms with Crippen molar-refractivity contribution in [1.82, 2.24) is 5.32 Å². The number of aliphatic hydroxyl groups is 1. The first-order valence-electron chi connectivity index (χ1n) is 3.65. The zero-order valence-electron chi connectivity index (χ0n) is 5.72. The van der Waals surface area contributed by atoms with Gasteiger partial charge in [-0.15, -0.1) is 0 Å². The van der Waals surface area contributed by atoms with E-state index in [0.717, 1.165) is 19.0 Å². The molecule has 2 heteroatoms. The van der Waals surface area contributed by atoms with E-state index in [2.05, 4.69) is 12.2 Å². The van der Waals surface area contributed by atoms with E-state index in [1.165, 1.54) is 6.42 Å². The van der Waals surface area contributed by atoms with Gasteiger partial charge in [-0.05, 0) is 18.3 Å². The van der Waals surface area contributed by atoms with Crippen LogP contribution in [0.2, 0.25) is 0 Å². The van der Waals surface area contributed by atoms with Gasteiger partial charge in [-0.1, -0.05) is 6.92 Å². The van der Waals surface area contributed by atoms with E-state index in [4.69, 9.17) is 0 Å². The molecule has 2 N–H and O–H groups in total. The van der Waals surface area contributed by atoms with E-state index in [1.54, 1.807) is 0 Å². The highest BCUT2D eigenvalue weighted by Gasteiger charge is 2.52. The lowest BCUT2D eigenvalue weighted by atomic mass is 9.90. The average molecular weight is 127 g/mol. The third kappa shape index (κ3) is 0.700. The minimum atomic E-state index is -0.306. The second-order valence-electron chi connectivity index (χ2n) is 3.53. The monoisotopic (exact) mass is 127 g/mol. The van der Waals surface area contributed by atoms with Gasteiger partial charge in [0.25, 0.3) is 0 Å². The predicted octanol–water partition coefficient (Wildman–Crippen LogP) is -0.0233. The molecule has 0 spiro atoms. The Hall–Kier alpha value is -0.0800. The minimum absolute atomic E-state index is 0.306. The summed E-state index contributed by atoms with van der Waals surface area (Å²) in [4.78, 5) is 0. The van der Waals surface area contributed by atoms with Crippen LogP contribution in [0.5, 0.6) is 0 Å². The highest BCUT2D eigenvalue weighted by molar-refractivity contribution is 5.06. The SMILES string of the molecule is CC1CC1C1(O)CNC1. The van der Waals surface area contributed by atoms with Crippen molar-refractivity contribution >= 4 is 0 Å². The molecular weight excluding hydrogens is 114 g/mol. The largest absolute Gasteiger partial charge is 0.387 e. The summed E-state index contributed by atoms with van der Waals surface area (Å²) in [5, 5.41) is 12.8. The second kappa shape index (κ2) is 1.50. The van der Waals surface area contributed by atoms with Gasteiger partial charge in [0, 0.05) is 13.1 Å². The van der Waals surface area contributed by atoms with Gasteiger partial charge >= 0.3 is 0 Å². The summed E-state index contributed by atoms with van der Waals surface area (Å²) in [7, 11) is 0. The topological polar surface area (TPSA) is 32.3 Å². The second-order valence-corrected chi connectivity index (χ2v) is 3.53.